The molecule has 1 aliphatic carbocycles. The smallest absolute Gasteiger partial charge is 0.258 e. The lowest BCUT2D eigenvalue weighted by molar-refractivity contribution is -0.124. The number of aromatic hydroxyl groups is 2. The molecular formula is C27H30ClN3O4. The lowest BCUT2D eigenvalue weighted by atomic mass is 9.86. The fourth-order valence-corrected chi connectivity index (χ4v) is 4.80. The zero-order valence-corrected chi connectivity index (χ0v) is 20.3. The van der Waals surface area contributed by atoms with E-state index < -0.39 is 5.91 Å². The summed E-state index contributed by atoms with van der Waals surface area (Å²) in [5.41, 5.74) is 1.78. The quantitative estimate of drug-likeness (QED) is 0.344. The van der Waals surface area contributed by atoms with E-state index >= 15 is 0 Å². The van der Waals surface area contributed by atoms with E-state index in [1.807, 2.05) is 24.3 Å². The Hall–Kier alpha value is -3.32. The summed E-state index contributed by atoms with van der Waals surface area (Å²) in [7, 11) is 0. The Morgan fingerprint density at radius 2 is 1.86 bits per heavy atom. The number of fused-ring (bicyclic) bond motifs is 1. The number of phenolic OH excluding ortho intramolecular Hbond substituents is 2. The molecule has 0 radical (unpaired) electrons. The van der Waals surface area contributed by atoms with Crippen LogP contribution in [0.5, 0.6) is 11.5 Å². The van der Waals surface area contributed by atoms with Crippen LogP contribution in [0.25, 0.3) is 10.9 Å². The maximum atomic E-state index is 13.3. The maximum Gasteiger partial charge on any atom is 0.258 e. The molecule has 1 aromatic heterocycles. The van der Waals surface area contributed by atoms with Gasteiger partial charge in [0.2, 0.25) is 0 Å². The molecule has 1 aliphatic rings. The van der Waals surface area contributed by atoms with Crippen molar-refractivity contribution in [3.8, 4) is 11.5 Å². The Morgan fingerprint density at radius 1 is 1.06 bits per heavy atom. The third-order valence-electron chi connectivity index (χ3n) is 6.53. The number of halogens is 1. The predicted molar refractivity (Wildman–Crippen MR) is 137 cm³/mol. The van der Waals surface area contributed by atoms with Gasteiger partial charge in [0.05, 0.1) is 17.6 Å². The number of carbonyl (C=O) groups excluding carboxylic acids is 2. The molecule has 3 aromatic rings. The second-order valence-electron chi connectivity index (χ2n) is 9.03. The third kappa shape index (κ3) is 6.22. The van der Waals surface area contributed by atoms with Crippen LogP contribution in [-0.2, 0) is 4.79 Å². The minimum atomic E-state index is -0.421. The van der Waals surface area contributed by atoms with Crippen molar-refractivity contribution >= 4 is 39.9 Å². The molecule has 0 saturated heterocycles. The summed E-state index contributed by atoms with van der Waals surface area (Å²) in [6, 6.07) is 11.3. The summed E-state index contributed by atoms with van der Waals surface area (Å²) in [4.78, 5) is 32.1. The van der Waals surface area contributed by atoms with Gasteiger partial charge in [0, 0.05) is 47.4 Å². The van der Waals surface area contributed by atoms with Crippen molar-refractivity contribution in [2.45, 2.75) is 38.5 Å². The molecule has 1 saturated carbocycles. The molecule has 35 heavy (non-hydrogen) atoms. The van der Waals surface area contributed by atoms with Crippen LogP contribution < -0.4 is 5.32 Å². The summed E-state index contributed by atoms with van der Waals surface area (Å²) >= 11 is 6.07. The van der Waals surface area contributed by atoms with E-state index in [4.69, 9.17) is 11.6 Å². The number of pyridine rings is 1. The Balaban J connectivity index is 1.44. The normalized spacial score (nSPS) is 14.1. The second kappa shape index (κ2) is 11.4. The largest absolute Gasteiger partial charge is 0.508 e. The number of hydrogen-bond donors (Lipinski definition) is 3. The first-order valence-electron chi connectivity index (χ1n) is 12.0. The second-order valence-corrected chi connectivity index (χ2v) is 9.47. The van der Waals surface area contributed by atoms with Crippen LogP contribution in [0.2, 0.25) is 5.02 Å². The van der Waals surface area contributed by atoms with Gasteiger partial charge in [-0.2, -0.15) is 0 Å². The highest BCUT2D eigenvalue weighted by Crippen LogP contribution is 2.27. The van der Waals surface area contributed by atoms with Gasteiger partial charge in [0.15, 0.2) is 5.78 Å². The molecule has 0 aliphatic heterocycles. The standard InChI is InChI=1S/C27H30ClN3O4/c28-19-7-9-21-23(11-13-30-24(21)15-19)29-12-4-14-31(17-26(34)18-5-2-1-3-6-18)27(35)22-10-8-20(32)16-25(22)33/h7-11,13,15-16,18,32-33H,1-6,12,14,17H2,(H,29,30). The van der Waals surface area contributed by atoms with Gasteiger partial charge in [-0.1, -0.05) is 30.9 Å². The van der Waals surface area contributed by atoms with Gasteiger partial charge >= 0.3 is 0 Å². The van der Waals surface area contributed by atoms with Crippen LogP contribution >= 0.6 is 11.6 Å². The van der Waals surface area contributed by atoms with Crippen LogP contribution in [0.3, 0.4) is 0 Å². The molecule has 8 heteroatoms. The minimum absolute atomic E-state index is 0.0133. The monoisotopic (exact) mass is 495 g/mol. The molecule has 0 atom stereocenters. The summed E-state index contributed by atoms with van der Waals surface area (Å²) in [5, 5.41) is 24.8. The van der Waals surface area contributed by atoms with Crippen molar-refractivity contribution in [3.05, 3.63) is 59.2 Å². The van der Waals surface area contributed by atoms with Crippen LogP contribution in [0.15, 0.2) is 48.7 Å². The highest BCUT2D eigenvalue weighted by atomic mass is 35.5. The average Bonchev–Trinajstić information content (AvgIpc) is 2.85. The fraction of sp³-hybridized carbons (Fsp3) is 0.370. The maximum absolute atomic E-state index is 13.3. The number of phenols is 2. The number of nitrogens with one attached hydrogen (secondary N) is 1. The minimum Gasteiger partial charge on any atom is -0.508 e. The molecule has 4 rings (SSSR count). The molecule has 2 aromatic carbocycles. The summed E-state index contributed by atoms with van der Waals surface area (Å²) in [6.45, 7) is 0.935. The zero-order valence-electron chi connectivity index (χ0n) is 19.5. The number of hydrogen-bond acceptors (Lipinski definition) is 6. The van der Waals surface area contributed by atoms with Gasteiger partial charge in [0.1, 0.15) is 11.5 Å². The van der Waals surface area contributed by atoms with Crippen molar-refractivity contribution in [2.75, 3.05) is 25.0 Å². The Kier molecular flexibility index (Phi) is 8.08. The van der Waals surface area contributed by atoms with Gasteiger partial charge in [-0.05, 0) is 55.7 Å². The Bertz CT molecular complexity index is 1210. The van der Waals surface area contributed by atoms with E-state index in [9.17, 15) is 19.8 Å². The number of carbonyl (C=O) groups is 2. The van der Waals surface area contributed by atoms with Crippen molar-refractivity contribution in [2.24, 2.45) is 5.92 Å². The lowest BCUT2D eigenvalue weighted by Crippen LogP contribution is -2.39. The Morgan fingerprint density at radius 3 is 2.63 bits per heavy atom. The molecule has 1 heterocycles. The molecule has 1 amide bonds. The first-order chi connectivity index (χ1) is 16.9. The first-order valence-corrected chi connectivity index (χ1v) is 12.4. The van der Waals surface area contributed by atoms with Crippen LogP contribution in [0.1, 0.15) is 48.9 Å². The fourth-order valence-electron chi connectivity index (χ4n) is 4.63. The van der Waals surface area contributed by atoms with E-state index in [0.717, 1.165) is 54.8 Å². The highest BCUT2D eigenvalue weighted by Gasteiger charge is 2.26. The molecule has 7 nitrogen and oxygen atoms in total. The van der Waals surface area contributed by atoms with Gasteiger partial charge in [-0.3, -0.25) is 14.6 Å². The molecule has 3 N–H and O–H groups in total. The SMILES string of the molecule is O=C(CN(CCCNc1ccnc2cc(Cl)ccc12)C(=O)c1ccc(O)cc1O)C1CCCCC1. The summed E-state index contributed by atoms with van der Waals surface area (Å²) in [5.74, 6) is -0.790. The van der Waals surface area contributed by atoms with Crippen molar-refractivity contribution in [3.63, 3.8) is 0 Å². The topological polar surface area (TPSA) is 103 Å². The molecule has 0 bridgehead atoms. The number of amides is 1. The molecule has 1 fully saturated rings. The summed E-state index contributed by atoms with van der Waals surface area (Å²) < 4.78 is 0. The summed E-state index contributed by atoms with van der Waals surface area (Å²) in [6.07, 6.45) is 7.27. The zero-order chi connectivity index (χ0) is 24.8. The number of aromatic nitrogens is 1. The van der Waals surface area contributed by atoms with E-state index in [1.165, 1.54) is 17.0 Å². The molecule has 184 valence electrons. The van der Waals surface area contributed by atoms with Gasteiger partial charge in [0.25, 0.3) is 5.91 Å². The number of Topliss-reactive ketones (excluding diaryl/α,β-unsaturated/α-hetero) is 1. The van der Waals surface area contributed by atoms with E-state index in [1.54, 1.807) is 6.20 Å². The van der Waals surface area contributed by atoms with E-state index in [-0.39, 0.29) is 35.3 Å². The number of nitrogens with zero attached hydrogens (tertiary/aromatic N) is 2. The van der Waals surface area contributed by atoms with E-state index in [0.29, 0.717) is 24.5 Å². The lowest BCUT2D eigenvalue weighted by Gasteiger charge is -2.27. The van der Waals surface area contributed by atoms with Gasteiger partial charge in [-0.25, -0.2) is 0 Å². The van der Waals surface area contributed by atoms with Crippen LogP contribution in [0.4, 0.5) is 5.69 Å². The number of ketones is 1. The van der Waals surface area contributed by atoms with Gasteiger partial charge < -0.3 is 20.4 Å². The van der Waals surface area contributed by atoms with E-state index in [2.05, 4.69) is 10.3 Å². The predicted octanol–water partition coefficient (Wildman–Crippen LogP) is 5.39. The van der Waals surface area contributed by atoms with Crippen molar-refractivity contribution in [1.82, 2.24) is 9.88 Å². The third-order valence-corrected chi connectivity index (χ3v) is 6.77. The van der Waals surface area contributed by atoms with Crippen LogP contribution in [0, 0.1) is 5.92 Å². The number of benzene rings is 2. The molecular weight excluding hydrogens is 466 g/mol. The van der Waals surface area contributed by atoms with Crippen LogP contribution in [-0.4, -0.2) is 51.4 Å². The van der Waals surface area contributed by atoms with Crippen molar-refractivity contribution < 1.29 is 19.8 Å². The first kappa shape index (κ1) is 24.8. The molecule has 0 spiro atoms. The van der Waals surface area contributed by atoms with Gasteiger partial charge in [-0.15, -0.1) is 0 Å². The number of anilines is 1. The van der Waals surface area contributed by atoms with Crippen molar-refractivity contribution in [1.29, 1.82) is 0 Å². The Labute approximate surface area is 209 Å². The average molecular weight is 496 g/mol. The molecule has 0 unspecified atom stereocenters. The highest BCUT2D eigenvalue weighted by molar-refractivity contribution is 6.31. The number of rotatable bonds is 9.